The molecule has 0 unspecified atom stereocenters. The smallest absolute Gasteiger partial charge is 0.192 e. The number of benzene rings is 1. The zero-order valence-electron chi connectivity index (χ0n) is 10.5. The van der Waals surface area contributed by atoms with Crippen LogP contribution in [0.15, 0.2) is 35.4 Å². The van der Waals surface area contributed by atoms with Crippen molar-refractivity contribution in [2.75, 3.05) is 0 Å². The largest absolute Gasteiger partial charge is 0.383 e. The predicted molar refractivity (Wildman–Crippen MR) is 70.5 cm³/mol. The molecule has 2 aliphatic carbocycles. The molecular weight excluding hydrogens is 224 g/mol. The molecule has 1 aromatic carbocycles. The molecule has 0 amide bonds. The summed E-state index contributed by atoms with van der Waals surface area (Å²) >= 11 is 0. The first-order valence-electron chi connectivity index (χ1n) is 6.82. The number of carbonyl (C=O) groups excluding carboxylic acids is 1. The Labute approximate surface area is 107 Å². The van der Waals surface area contributed by atoms with Crippen LogP contribution < -0.4 is 0 Å². The van der Waals surface area contributed by atoms with Crippen molar-refractivity contribution in [3.05, 3.63) is 46.5 Å². The summed E-state index contributed by atoms with van der Waals surface area (Å²) in [5.41, 5.74) is 3.35. The standard InChI is InChI=1S/C16H18O2/c17-15-12-9-5-6-10-13(12)16(18)14(15)11-7-3-1-2-4-8-11/h5-6,9-10,15,17H,1-4,7-8H2/t15-/m1/s1. The molecule has 1 atom stereocenters. The highest BCUT2D eigenvalue weighted by Gasteiger charge is 2.34. The van der Waals surface area contributed by atoms with Crippen molar-refractivity contribution in [3.63, 3.8) is 0 Å². The number of ketones is 1. The lowest BCUT2D eigenvalue weighted by Gasteiger charge is -2.11. The van der Waals surface area contributed by atoms with Gasteiger partial charge >= 0.3 is 0 Å². The molecule has 0 aliphatic heterocycles. The summed E-state index contributed by atoms with van der Waals surface area (Å²) in [5.74, 6) is 0.0509. The zero-order valence-corrected chi connectivity index (χ0v) is 10.5. The number of Topliss-reactive ketones (excluding diaryl/α,β-unsaturated/α-hetero) is 1. The van der Waals surface area contributed by atoms with E-state index in [1.54, 1.807) is 0 Å². The van der Waals surface area contributed by atoms with Gasteiger partial charge in [0, 0.05) is 11.1 Å². The van der Waals surface area contributed by atoms with Gasteiger partial charge in [-0.25, -0.2) is 0 Å². The minimum absolute atomic E-state index is 0.0509. The summed E-state index contributed by atoms with van der Waals surface area (Å²) in [4.78, 5) is 12.4. The van der Waals surface area contributed by atoms with E-state index in [4.69, 9.17) is 0 Å². The second-order valence-corrected chi connectivity index (χ2v) is 5.25. The van der Waals surface area contributed by atoms with Crippen molar-refractivity contribution in [2.45, 2.75) is 44.6 Å². The molecular formula is C16H18O2. The molecule has 18 heavy (non-hydrogen) atoms. The zero-order chi connectivity index (χ0) is 12.5. The second kappa shape index (κ2) is 4.69. The molecule has 94 valence electrons. The van der Waals surface area contributed by atoms with Gasteiger partial charge in [-0.3, -0.25) is 4.79 Å². The molecule has 1 N–H and O–H groups in total. The quantitative estimate of drug-likeness (QED) is 0.558. The molecule has 1 aromatic rings. The van der Waals surface area contributed by atoms with E-state index in [0.29, 0.717) is 11.1 Å². The van der Waals surface area contributed by atoms with Crippen molar-refractivity contribution in [1.82, 2.24) is 0 Å². The van der Waals surface area contributed by atoms with Crippen LogP contribution in [0.1, 0.15) is 60.6 Å². The maximum Gasteiger partial charge on any atom is 0.192 e. The molecule has 2 heteroatoms. The third-order valence-corrected chi connectivity index (χ3v) is 4.11. The molecule has 2 nitrogen and oxygen atoms in total. The van der Waals surface area contributed by atoms with Crippen LogP contribution in [0.2, 0.25) is 0 Å². The van der Waals surface area contributed by atoms with Gasteiger partial charge < -0.3 is 5.11 Å². The number of aliphatic hydroxyl groups is 1. The maximum absolute atomic E-state index is 12.4. The van der Waals surface area contributed by atoms with Crippen LogP contribution in [-0.2, 0) is 0 Å². The summed E-state index contributed by atoms with van der Waals surface area (Å²) in [6, 6.07) is 7.44. The molecule has 3 rings (SSSR count). The van der Waals surface area contributed by atoms with Crippen LogP contribution in [0, 0.1) is 0 Å². The van der Waals surface area contributed by atoms with Crippen LogP contribution in [0.4, 0.5) is 0 Å². The van der Waals surface area contributed by atoms with Crippen molar-refractivity contribution in [3.8, 4) is 0 Å². The van der Waals surface area contributed by atoms with Crippen LogP contribution in [0.3, 0.4) is 0 Å². The van der Waals surface area contributed by atoms with Gasteiger partial charge in [-0.15, -0.1) is 0 Å². The second-order valence-electron chi connectivity index (χ2n) is 5.25. The van der Waals surface area contributed by atoms with E-state index in [2.05, 4.69) is 0 Å². The van der Waals surface area contributed by atoms with Gasteiger partial charge in [0.2, 0.25) is 0 Å². The fourth-order valence-corrected chi connectivity index (χ4v) is 3.15. The Kier molecular flexibility index (Phi) is 3.04. The highest BCUT2D eigenvalue weighted by molar-refractivity contribution is 6.14. The molecule has 2 aliphatic rings. The number of carbonyl (C=O) groups is 1. The van der Waals surface area contributed by atoms with Crippen molar-refractivity contribution in [1.29, 1.82) is 0 Å². The number of hydrogen-bond acceptors (Lipinski definition) is 2. The Balaban J connectivity index is 2.05. The lowest BCUT2D eigenvalue weighted by atomic mass is 9.96. The Morgan fingerprint density at radius 2 is 1.67 bits per heavy atom. The number of fused-ring (bicyclic) bond motifs is 1. The topological polar surface area (TPSA) is 37.3 Å². The summed E-state index contributed by atoms with van der Waals surface area (Å²) in [6.45, 7) is 0. The van der Waals surface area contributed by atoms with Gasteiger partial charge in [-0.1, -0.05) is 42.7 Å². The van der Waals surface area contributed by atoms with E-state index in [9.17, 15) is 9.90 Å². The van der Waals surface area contributed by atoms with E-state index < -0.39 is 6.10 Å². The molecule has 0 radical (unpaired) electrons. The molecule has 0 heterocycles. The first-order chi connectivity index (χ1) is 8.79. The fourth-order valence-electron chi connectivity index (χ4n) is 3.15. The summed E-state index contributed by atoms with van der Waals surface area (Å²) in [7, 11) is 0. The maximum atomic E-state index is 12.4. The minimum Gasteiger partial charge on any atom is -0.383 e. The van der Waals surface area contributed by atoms with E-state index in [-0.39, 0.29) is 5.78 Å². The summed E-state index contributed by atoms with van der Waals surface area (Å²) < 4.78 is 0. The lowest BCUT2D eigenvalue weighted by molar-refractivity contribution is 0.101. The van der Waals surface area contributed by atoms with Gasteiger partial charge in [0.1, 0.15) is 6.10 Å². The molecule has 0 bridgehead atoms. The number of rotatable bonds is 0. The summed E-state index contributed by atoms with van der Waals surface area (Å²) in [6.07, 6.45) is 6.05. The number of aliphatic hydroxyl groups excluding tert-OH is 1. The minimum atomic E-state index is -0.693. The van der Waals surface area contributed by atoms with Gasteiger partial charge in [0.05, 0.1) is 0 Å². The van der Waals surface area contributed by atoms with Gasteiger partial charge in [0.25, 0.3) is 0 Å². The van der Waals surface area contributed by atoms with Crippen molar-refractivity contribution < 1.29 is 9.90 Å². The van der Waals surface area contributed by atoms with Gasteiger partial charge in [0.15, 0.2) is 5.78 Å². The molecule has 0 saturated heterocycles. The van der Waals surface area contributed by atoms with Gasteiger partial charge in [-0.2, -0.15) is 0 Å². The fraction of sp³-hybridized carbons (Fsp3) is 0.438. The average molecular weight is 242 g/mol. The Bertz CT molecular complexity index is 504. The monoisotopic (exact) mass is 242 g/mol. The highest BCUT2D eigenvalue weighted by Crippen LogP contribution is 2.40. The van der Waals surface area contributed by atoms with E-state index in [1.165, 1.54) is 18.4 Å². The summed E-state index contributed by atoms with van der Waals surface area (Å²) in [5, 5.41) is 10.4. The Morgan fingerprint density at radius 3 is 2.33 bits per heavy atom. The first kappa shape index (κ1) is 11.7. The number of hydrogen-bond donors (Lipinski definition) is 1. The molecule has 1 fully saturated rings. The van der Waals surface area contributed by atoms with Crippen molar-refractivity contribution >= 4 is 5.78 Å². The van der Waals surface area contributed by atoms with E-state index in [0.717, 1.165) is 31.2 Å². The third kappa shape index (κ3) is 1.81. The van der Waals surface area contributed by atoms with E-state index >= 15 is 0 Å². The van der Waals surface area contributed by atoms with Crippen LogP contribution in [0.5, 0.6) is 0 Å². The molecule has 0 aromatic heterocycles. The van der Waals surface area contributed by atoms with Crippen LogP contribution in [-0.4, -0.2) is 10.9 Å². The molecule has 0 spiro atoms. The van der Waals surface area contributed by atoms with Crippen molar-refractivity contribution in [2.24, 2.45) is 0 Å². The SMILES string of the molecule is O=C1C(=C2CCCCCC2)[C@H](O)c2ccccc21. The van der Waals surface area contributed by atoms with Crippen LogP contribution >= 0.6 is 0 Å². The van der Waals surface area contributed by atoms with Gasteiger partial charge in [-0.05, 0) is 31.2 Å². The molecule has 1 saturated carbocycles. The number of allylic oxidation sites excluding steroid dienone is 1. The average Bonchev–Trinajstić information content (AvgIpc) is 2.61. The lowest BCUT2D eigenvalue weighted by Crippen LogP contribution is -2.04. The third-order valence-electron chi connectivity index (χ3n) is 4.11. The van der Waals surface area contributed by atoms with Crippen LogP contribution in [0.25, 0.3) is 0 Å². The highest BCUT2D eigenvalue weighted by atomic mass is 16.3. The normalized spacial score (nSPS) is 24.1. The Hall–Kier alpha value is -1.41. The van der Waals surface area contributed by atoms with E-state index in [1.807, 2.05) is 24.3 Å². The first-order valence-corrected chi connectivity index (χ1v) is 6.82. The predicted octanol–water partition coefficient (Wildman–Crippen LogP) is 3.57. The Morgan fingerprint density at radius 1 is 1.00 bits per heavy atom.